The minimum absolute atomic E-state index is 0.776. The molecule has 2 aromatic heterocycles. The first kappa shape index (κ1) is 15.7. The van der Waals surface area contributed by atoms with Crippen molar-refractivity contribution in [2.24, 2.45) is 0 Å². The maximum absolute atomic E-state index is 5.78. The Labute approximate surface area is 140 Å². The fourth-order valence-corrected chi connectivity index (χ4v) is 3.31. The maximum atomic E-state index is 5.78. The lowest BCUT2D eigenvalue weighted by Crippen LogP contribution is -2.11. The van der Waals surface area contributed by atoms with Gasteiger partial charge in [0.25, 0.3) is 0 Å². The second-order valence-corrected chi connectivity index (χ2v) is 6.77. The lowest BCUT2D eigenvalue weighted by Gasteiger charge is -2.09. The van der Waals surface area contributed by atoms with Crippen molar-refractivity contribution in [2.45, 2.75) is 19.8 Å². The monoisotopic (exact) mass is 327 g/mol. The van der Waals surface area contributed by atoms with Crippen LogP contribution in [0, 0.1) is 0 Å². The van der Waals surface area contributed by atoms with Crippen LogP contribution in [0.1, 0.15) is 19.8 Å². The third kappa shape index (κ3) is 3.62. The summed E-state index contributed by atoms with van der Waals surface area (Å²) in [4.78, 5) is 3.07. The molecule has 0 amide bonds. The first-order valence-corrected chi connectivity index (χ1v) is 8.67. The third-order valence-corrected chi connectivity index (χ3v) is 4.74. The van der Waals surface area contributed by atoms with Crippen LogP contribution in [0.15, 0.2) is 36.4 Å². The van der Waals surface area contributed by atoms with Crippen LogP contribution in [-0.4, -0.2) is 30.9 Å². The first-order chi connectivity index (χ1) is 11.2. The number of unbranched alkanes of at least 4 members (excludes halogenated alkanes) is 1. The van der Waals surface area contributed by atoms with E-state index < -0.39 is 0 Å². The summed E-state index contributed by atoms with van der Waals surface area (Å²) in [7, 11) is 3.92. The Morgan fingerprint density at radius 1 is 1.09 bits per heavy atom. The molecule has 0 bridgehead atoms. The van der Waals surface area contributed by atoms with Gasteiger partial charge in [-0.25, -0.2) is 0 Å². The number of hydrogen-bond donors (Lipinski definition) is 0. The van der Waals surface area contributed by atoms with Gasteiger partial charge in [-0.1, -0.05) is 13.3 Å². The Kier molecular flexibility index (Phi) is 4.76. The van der Waals surface area contributed by atoms with Gasteiger partial charge >= 0.3 is 0 Å². The molecule has 3 rings (SSSR count). The molecule has 4 nitrogen and oxygen atoms in total. The summed E-state index contributed by atoms with van der Waals surface area (Å²) in [5, 5.41) is 9.80. The second kappa shape index (κ2) is 6.96. The molecule has 0 aliphatic heterocycles. The minimum Gasteiger partial charge on any atom is -0.494 e. The summed E-state index contributed by atoms with van der Waals surface area (Å²) >= 11 is 1.72. The van der Waals surface area contributed by atoms with E-state index in [0.29, 0.717) is 0 Å². The van der Waals surface area contributed by atoms with Crippen molar-refractivity contribution >= 4 is 27.2 Å². The van der Waals surface area contributed by atoms with Gasteiger partial charge in [0.15, 0.2) is 5.82 Å². The molecule has 1 aromatic carbocycles. The highest BCUT2D eigenvalue weighted by Crippen LogP contribution is 2.34. The van der Waals surface area contributed by atoms with E-state index in [4.69, 9.17) is 4.74 Å². The van der Waals surface area contributed by atoms with Crippen molar-refractivity contribution in [1.29, 1.82) is 0 Å². The van der Waals surface area contributed by atoms with E-state index >= 15 is 0 Å². The summed E-state index contributed by atoms with van der Waals surface area (Å²) in [5.41, 5.74) is 0.908. The molecule has 0 spiro atoms. The fourth-order valence-electron chi connectivity index (χ4n) is 2.26. The average molecular weight is 327 g/mol. The predicted octanol–water partition coefficient (Wildman–Crippen LogP) is 4.60. The highest BCUT2D eigenvalue weighted by atomic mass is 32.1. The molecule has 3 aromatic rings. The summed E-state index contributed by atoms with van der Waals surface area (Å²) in [6, 6.07) is 12.4. The minimum atomic E-state index is 0.776. The molecule has 0 saturated heterocycles. The molecule has 0 radical (unpaired) electrons. The number of fused-ring (bicyclic) bond motifs is 1. The Hall–Kier alpha value is -2.14. The van der Waals surface area contributed by atoms with Gasteiger partial charge < -0.3 is 9.64 Å². The molecule has 0 atom stereocenters. The van der Waals surface area contributed by atoms with Gasteiger partial charge in [-0.3, -0.25) is 0 Å². The molecular formula is C18H21N3OS. The molecule has 23 heavy (non-hydrogen) atoms. The maximum Gasteiger partial charge on any atom is 0.150 e. The van der Waals surface area contributed by atoms with Gasteiger partial charge in [-0.15, -0.1) is 21.5 Å². The molecule has 0 aliphatic rings. The van der Waals surface area contributed by atoms with Crippen LogP contribution >= 0.6 is 11.3 Å². The number of rotatable bonds is 6. The zero-order valence-corrected chi connectivity index (χ0v) is 14.6. The SMILES string of the molecule is CCCCOc1ccc2cc(-c3ccc(N(C)C)nn3)sc2c1. The highest BCUT2D eigenvalue weighted by molar-refractivity contribution is 7.22. The van der Waals surface area contributed by atoms with E-state index in [1.54, 1.807) is 11.3 Å². The lowest BCUT2D eigenvalue weighted by molar-refractivity contribution is 0.310. The van der Waals surface area contributed by atoms with E-state index in [0.717, 1.165) is 41.6 Å². The van der Waals surface area contributed by atoms with Crippen LogP contribution in [0.2, 0.25) is 0 Å². The van der Waals surface area contributed by atoms with Crippen LogP contribution in [0.25, 0.3) is 20.7 Å². The van der Waals surface area contributed by atoms with Crippen molar-refractivity contribution in [1.82, 2.24) is 10.2 Å². The Balaban J connectivity index is 1.84. The van der Waals surface area contributed by atoms with Crippen molar-refractivity contribution in [2.75, 3.05) is 25.6 Å². The molecule has 120 valence electrons. The van der Waals surface area contributed by atoms with E-state index in [9.17, 15) is 0 Å². The molecule has 5 heteroatoms. The van der Waals surface area contributed by atoms with Crippen LogP contribution in [-0.2, 0) is 0 Å². The smallest absolute Gasteiger partial charge is 0.150 e. The number of thiophene rings is 1. The van der Waals surface area contributed by atoms with Gasteiger partial charge in [0.05, 0.1) is 11.5 Å². The quantitative estimate of drug-likeness (QED) is 0.620. The molecule has 0 aliphatic carbocycles. The van der Waals surface area contributed by atoms with Gasteiger partial charge in [-0.2, -0.15) is 0 Å². The van der Waals surface area contributed by atoms with E-state index in [1.807, 2.05) is 37.2 Å². The number of benzene rings is 1. The zero-order chi connectivity index (χ0) is 16.2. The average Bonchev–Trinajstić information content (AvgIpc) is 2.98. The zero-order valence-electron chi connectivity index (χ0n) is 13.7. The number of hydrogen-bond acceptors (Lipinski definition) is 5. The van der Waals surface area contributed by atoms with Crippen molar-refractivity contribution in [3.63, 3.8) is 0 Å². The first-order valence-electron chi connectivity index (χ1n) is 7.85. The number of aromatic nitrogens is 2. The van der Waals surface area contributed by atoms with Gasteiger partial charge in [0, 0.05) is 18.8 Å². The normalized spacial score (nSPS) is 10.9. The Morgan fingerprint density at radius 2 is 1.96 bits per heavy atom. The Bertz CT molecular complexity index is 781. The van der Waals surface area contributed by atoms with Crippen LogP contribution in [0.4, 0.5) is 5.82 Å². The molecular weight excluding hydrogens is 306 g/mol. The Morgan fingerprint density at radius 3 is 2.65 bits per heavy atom. The van der Waals surface area contributed by atoms with Gasteiger partial charge in [-0.05, 0) is 48.2 Å². The highest BCUT2D eigenvalue weighted by Gasteiger charge is 2.08. The van der Waals surface area contributed by atoms with Gasteiger partial charge in [0.1, 0.15) is 11.4 Å². The number of anilines is 1. The predicted molar refractivity (Wildman–Crippen MR) is 97.6 cm³/mol. The summed E-state index contributed by atoms with van der Waals surface area (Å²) in [6.07, 6.45) is 2.23. The molecule has 0 unspecified atom stereocenters. The molecule has 0 saturated carbocycles. The van der Waals surface area contributed by atoms with E-state index in [2.05, 4.69) is 35.3 Å². The van der Waals surface area contributed by atoms with Crippen molar-refractivity contribution < 1.29 is 4.74 Å². The lowest BCUT2D eigenvalue weighted by atomic mass is 10.2. The summed E-state index contributed by atoms with van der Waals surface area (Å²) in [6.45, 7) is 2.94. The van der Waals surface area contributed by atoms with E-state index in [-0.39, 0.29) is 0 Å². The molecule has 2 heterocycles. The molecule has 0 fully saturated rings. The van der Waals surface area contributed by atoms with Crippen LogP contribution < -0.4 is 9.64 Å². The van der Waals surface area contributed by atoms with Crippen LogP contribution in [0.3, 0.4) is 0 Å². The largest absolute Gasteiger partial charge is 0.494 e. The van der Waals surface area contributed by atoms with Gasteiger partial charge in [0.2, 0.25) is 0 Å². The second-order valence-electron chi connectivity index (χ2n) is 5.68. The summed E-state index contributed by atoms with van der Waals surface area (Å²) < 4.78 is 7.00. The van der Waals surface area contributed by atoms with Crippen molar-refractivity contribution in [3.8, 4) is 16.3 Å². The van der Waals surface area contributed by atoms with Crippen molar-refractivity contribution in [3.05, 3.63) is 36.4 Å². The summed E-state index contributed by atoms with van der Waals surface area (Å²) in [5.74, 6) is 1.80. The topological polar surface area (TPSA) is 38.2 Å². The number of ether oxygens (including phenoxy) is 1. The third-order valence-electron chi connectivity index (χ3n) is 3.62. The number of nitrogens with zero attached hydrogens (tertiary/aromatic N) is 3. The van der Waals surface area contributed by atoms with Crippen LogP contribution in [0.5, 0.6) is 5.75 Å². The van der Waals surface area contributed by atoms with E-state index in [1.165, 1.54) is 10.1 Å². The molecule has 0 N–H and O–H groups in total. The fraction of sp³-hybridized carbons (Fsp3) is 0.333. The standard InChI is InChI=1S/C18H21N3OS/c1-4-5-10-22-14-7-6-13-11-17(23-16(13)12-14)15-8-9-18(20-19-15)21(2)3/h6-9,11-12H,4-5,10H2,1-3H3.